The van der Waals surface area contributed by atoms with Crippen LogP contribution < -0.4 is 0 Å². The highest BCUT2D eigenvalue weighted by atomic mass is 32.2. The third kappa shape index (κ3) is 2.57. The van der Waals surface area contributed by atoms with Crippen molar-refractivity contribution in [2.24, 2.45) is 16.8 Å². The number of hydrogen-bond acceptors (Lipinski definition) is 5. The molecule has 0 bridgehead atoms. The average Bonchev–Trinajstić information content (AvgIpc) is 3.63. The van der Waals surface area contributed by atoms with E-state index < -0.39 is 5.60 Å². The molecule has 0 N–H and O–H groups in total. The number of amidine groups is 1. The van der Waals surface area contributed by atoms with Gasteiger partial charge < -0.3 is 9.64 Å². The van der Waals surface area contributed by atoms with Crippen molar-refractivity contribution in [3.8, 4) is 0 Å². The van der Waals surface area contributed by atoms with E-state index in [9.17, 15) is 9.59 Å². The zero-order chi connectivity index (χ0) is 18.9. The summed E-state index contributed by atoms with van der Waals surface area (Å²) in [5, 5.41) is 0.839. The minimum absolute atomic E-state index is 0.0354. The number of hydrogen-bond donors (Lipinski definition) is 0. The highest BCUT2D eigenvalue weighted by Gasteiger charge is 2.48. The summed E-state index contributed by atoms with van der Waals surface area (Å²) in [6, 6.07) is 7.72. The van der Waals surface area contributed by atoms with Crippen molar-refractivity contribution in [2.45, 2.75) is 44.1 Å². The van der Waals surface area contributed by atoms with Gasteiger partial charge in [-0.15, -0.1) is 0 Å². The molecule has 5 aliphatic rings. The Labute approximate surface area is 168 Å². The molecule has 0 radical (unpaired) electrons. The van der Waals surface area contributed by atoms with Crippen LogP contribution in [-0.4, -0.2) is 35.0 Å². The normalized spacial score (nSPS) is 25.8. The molecular formula is C22H22N2O3S. The number of allylic oxidation sites excluding steroid dienone is 1. The van der Waals surface area contributed by atoms with Crippen LogP contribution in [-0.2, 0) is 15.1 Å². The van der Waals surface area contributed by atoms with Gasteiger partial charge in [0.05, 0.1) is 10.5 Å². The number of piperidine rings is 1. The standard InChI is InChI=1S/C22H22N2O3S/c25-19-18(17(13-5-6-13)14-7-8-14)28-21(23-19)24-11-9-22(10-12-24)16-4-2-1-3-15(16)20(26)27-22/h1-4,13-14H,5-12H2. The van der Waals surface area contributed by atoms with Crippen LogP contribution in [0.3, 0.4) is 0 Å². The number of fused-ring (bicyclic) bond motifs is 2. The highest BCUT2D eigenvalue weighted by Crippen LogP contribution is 2.53. The molecule has 2 aliphatic carbocycles. The molecule has 0 atom stereocenters. The van der Waals surface area contributed by atoms with Crippen LogP contribution in [0, 0.1) is 11.8 Å². The van der Waals surface area contributed by atoms with Crippen molar-refractivity contribution in [1.29, 1.82) is 0 Å². The lowest BCUT2D eigenvalue weighted by Crippen LogP contribution is -2.44. The lowest BCUT2D eigenvalue weighted by atomic mass is 9.84. The molecule has 3 aliphatic heterocycles. The summed E-state index contributed by atoms with van der Waals surface area (Å²) in [6.07, 6.45) is 6.40. The van der Waals surface area contributed by atoms with Gasteiger partial charge in [0.15, 0.2) is 5.17 Å². The van der Waals surface area contributed by atoms with Crippen molar-refractivity contribution >= 4 is 28.8 Å². The Morgan fingerprint density at radius 2 is 1.75 bits per heavy atom. The van der Waals surface area contributed by atoms with Gasteiger partial charge in [-0.1, -0.05) is 18.2 Å². The summed E-state index contributed by atoms with van der Waals surface area (Å²) in [7, 11) is 0. The number of aliphatic imine (C=N–C) groups is 1. The van der Waals surface area contributed by atoms with E-state index in [0.717, 1.165) is 41.6 Å². The van der Waals surface area contributed by atoms with Gasteiger partial charge >= 0.3 is 5.97 Å². The van der Waals surface area contributed by atoms with Gasteiger partial charge in [0.25, 0.3) is 5.91 Å². The molecule has 1 saturated heterocycles. The van der Waals surface area contributed by atoms with Gasteiger partial charge in [-0.05, 0) is 60.9 Å². The second-order valence-corrected chi connectivity index (χ2v) is 9.53. The molecule has 3 heterocycles. The summed E-state index contributed by atoms with van der Waals surface area (Å²) in [5.74, 6) is 1.02. The Hall–Kier alpha value is -2.08. The molecule has 2 saturated carbocycles. The van der Waals surface area contributed by atoms with Crippen molar-refractivity contribution < 1.29 is 14.3 Å². The quantitative estimate of drug-likeness (QED) is 0.563. The number of amides is 1. The minimum atomic E-state index is -0.510. The lowest BCUT2D eigenvalue weighted by Gasteiger charge is -2.39. The molecule has 1 aromatic carbocycles. The van der Waals surface area contributed by atoms with Crippen LogP contribution in [0.5, 0.6) is 0 Å². The Morgan fingerprint density at radius 3 is 2.43 bits per heavy atom. The number of thioether (sulfide) groups is 1. The van der Waals surface area contributed by atoms with Crippen molar-refractivity contribution in [3.63, 3.8) is 0 Å². The minimum Gasteiger partial charge on any atom is -0.450 e. The smallest absolute Gasteiger partial charge is 0.339 e. The zero-order valence-corrected chi connectivity index (χ0v) is 16.5. The Bertz CT molecular complexity index is 936. The first-order valence-corrected chi connectivity index (χ1v) is 11.1. The second kappa shape index (κ2) is 5.96. The summed E-state index contributed by atoms with van der Waals surface area (Å²) >= 11 is 1.59. The summed E-state index contributed by atoms with van der Waals surface area (Å²) in [5.41, 5.74) is 2.61. The summed E-state index contributed by atoms with van der Waals surface area (Å²) in [4.78, 5) is 32.4. The van der Waals surface area contributed by atoms with Crippen LogP contribution in [0.2, 0.25) is 0 Å². The first-order valence-electron chi connectivity index (χ1n) is 10.3. The predicted octanol–water partition coefficient (Wildman–Crippen LogP) is 3.85. The molecule has 0 unspecified atom stereocenters. The first kappa shape index (κ1) is 16.8. The van der Waals surface area contributed by atoms with Crippen molar-refractivity contribution in [3.05, 3.63) is 45.9 Å². The maximum absolute atomic E-state index is 12.6. The highest BCUT2D eigenvalue weighted by molar-refractivity contribution is 8.18. The number of ether oxygens (including phenoxy) is 1. The van der Waals surface area contributed by atoms with Crippen LogP contribution in [0.4, 0.5) is 0 Å². The molecule has 6 heteroatoms. The molecule has 28 heavy (non-hydrogen) atoms. The Kier molecular flexibility index (Phi) is 3.58. The first-order chi connectivity index (χ1) is 13.6. The maximum Gasteiger partial charge on any atom is 0.339 e. The Morgan fingerprint density at radius 1 is 1.07 bits per heavy atom. The fourth-order valence-electron chi connectivity index (χ4n) is 4.88. The van der Waals surface area contributed by atoms with E-state index in [2.05, 4.69) is 9.89 Å². The number of carbonyl (C=O) groups is 2. The van der Waals surface area contributed by atoms with Gasteiger partial charge in [-0.25, -0.2) is 4.79 Å². The van der Waals surface area contributed by atoms with Crippen molar-refractivity contribution in [1.82, 2.24) is 4.90 Å². The molecule has 0 aromatic heterocycles. The molecule has 6 rings (SSSR count). The topological polar surface area (TPSA) is 59.0 Å². The van der Waals surface area contributed by atoms with Gasteiger partial charge in [0.2, 0.25) is 0 Å². The van der Waals surface area contributed by atoms with E-state index in [1.807, 2.05) is 24.3 Å². The number of benzene rings is 1. The molecular weight excluding hydrogens is 372 g/mol. The van der Waals surface area contributed by atoms with Crippen LogP contribution in [0.15, 0.2) is 39.7 Å². The summed E-state index contributed by atoms with van der Waals surface area (Å²) < 4.78 is 5.84. The largest absolute Gasteiger partial charge is 0.450 e. The molecule has 1 spiro atoms. The molecule has 1 aromatic rings. The van der Waals surface area contributed by atoms with Crippen LogP contribution in [0.1, 0.15) is 54.4 Å². The van der Waals surface area contributed by atoms with E-state index in [1.165, 1.54) is 31.3 Å². The van der Waals surface area contributed by atoms with Crippen LogP contribution >= 0.6 is 11.8 Å². The summed E-state index contributed by atoms with van der Waals surface area (Å²) in [6.45, 7) is 1.49. The van der Waals surface area contributed by atoms with E-state index in [1.54, 1.807) is 11.8 Å². The van der Waals surface area contributed by atoms with Gasteiger partial charge in [0.1, 0.15) is 5.60 Å². The Balaban J connectivity index is 1.21. The second-order valence-electron chi connectivity index (χ2n) is 8.55. The fraction of sp³-hybridized carbons (Fsp3) is 0.500. The number of rotatable bonds is 2. The molecule has 1 amide bonds. The average molecular weight is 394 g/mol. The lowest BCUT2D eigenvalue weighted by molar-refractivity contribution is -0.113. The molecule has 5 nitrogen and oxygen atoms in total. The number of carbonyl (C=O) groups excluding carboxylic acids is 2. The monoisotopic (exact) mass is 394 g/mol. The maximum atomic E-state index is 12.6. The van der Waals surface area contributed by atoms with Gasteiger partial charge in [0, 0.05) is 31.5 Å². The zero-order valence-electron chi connectivity index (χ0n) is 15.6. The number of nitrogens with zero attached hydrogens (tertiary/aromatic N) is 2. The third-order valence-corrected chi connectivity index (χ3v) is 7.80. The van der Waals surface area contributed by atoms with E-state index in [-0.39, 0.29) is 11.9 Å². The van der Waals surface area contributed by atoms with Gasteiger partial charge in [-0.3, -0.25) is 4.79 Å². The fourth-order valence-corrected chi connectivity index (χ4v) is 6.09. The molecule has 3 fully saturated rings. The van der Waals surface area contributed by atoms with E-state index in [4.69, 9.17) is 4.74 Å². The van der Waals surface area contributed by atoms with E-state index in [0.29, 0.717) is 17.4 Å². The van der Waals surface area contributed by atoms with Crippen molar-refractivity contribution in [2.75, 3.05) is 13.1 Å². The molecule has 144 valence electrons. The number of esters is 1. The van der Waals surface area contributed by atoms with Crippen LogP contribution in [0.25, 0.3) is 0 Å². The van der Waals surface area contributed by atoms with E-state index >= 15 is 0 Å². The number of likely N-dealkylation sites (tertiary alicyclic amines) is 1. The SMILES string of the molecule is O=C1N=C(N2CCC3(CC2)OC(=O)c2ccccc23)SC1=C(C1CC1)C1CC1. The third-order valence-electron chi connectivity index (χ3n) is 6.65. The van der Waals surface area contributed by atoms with Gasteiger partial charge in [-0.2, -0.15) is 4.99 Å². The predicted molar refractivity (Wildman–Crippen MR) is 107 cm³/mol.